The predicted molar refractivity (Wildman–Crippen MR) is 53.3 cm³/mol. The fraction of sp³-hybridized carbons (Fsp3) is 0.700. The minimum Gasteiger partial charge on any atom is -0.383 e. The Hall–Kier alpha value is -0.830. The summed E-state index contributed by atoms with van der Waals surface area (Å²) in [7, 11) is 0. The van der Waals surface area contributed by atoms with Gasteiger partial charge in [-0.05, 0) is 12.3 Å². The molecule has 2 N–H and O–H groups in total. The SMILES string of the molecule is C=CCNC(=O)C(O)C(C)CCC. The summed E-state index contributed by atoms with van der Waals surface area (Å²) in [6, 6.07) is 0. The molecule has 0 aromatic rings. The first-order chi connectivity index (χ1) is 6.13. The molecule has 13 heavy (non-hydrogen) atoms. The molecule has 0 saturated carbocycles. The van der Waals surface area contributed by atoms with Gasteiger partial charge in [0.05, 0.1) is 0 Å². The molecule has 2 atom stereocenters. The number of hydrogen-bond donors (Lipinski definition) is 2. The largest absolute Gasteiger partial charge is 0.383 e. The lowest BCUT2D eigenvalue weighted by atomic mass is 9.99. The number of aliphatic hydroxyl groups excluding tert-OH is 1. The van der Waals surface area contributed by atoms with Gasteiger partial charge in [-0.15, -0.1) is 6.58 Å². The molecular formula is C10H19NO2. The maximum atomic E-state index is 11.2. The fourth-order valence-electron chi connectivity index (χ4n) is 1.15. The van der Waals surface area contributed by atoms with Gasteiger partial charge in [0.2, 0.25) is 5.91 Å². The van der Waals surface area contributed by atoms with Gasteiger partial charge in [0.15, 0.2) is 0 Å². The quantitative estimate of drug-likeness (QED) is 0.608. The maximum Gasteiger partial charge on any atom is 0.249 e. The van der Waals surface area contributed by atoms with Crippen molar-refractivity contribution in [3.05, 3.63) is 12.7 Å². The van der Waals surface area contributed by atoms with Crippen molar-refractivity contribution in [2.24, 2.45) is 5.92 Å². The maximum absolute atomic E-state index is 11.2. The van der Waals surface area contributed by atoms with E-state index in [0.717, 1.165) is 12.8 Å². The van der Waals surface area contributed by atoms with Crippen LogP contribution in [-0.2, 0) is 4.79 Å². The molecule has 0 aliphatic rings. The number of nitrogens with one attached hydrogen (secondary N) is 1. The molecule has 0 fully saturated rings. The highest BCUT2D eigenvalue weighted by molar-refractivity contribution is 5.80. The van der Waals surface area contributed by atoms with Crippen molar-refractivity contribution in [3.8, 4) is 0 Å². The summed E-state index contributed by atoms with van der Waals surface area (Å²) < 4.78 is 0. The summed E-state index contributed by atoms with van der Waals surface area (Å²) in [6.45, 7) is 7.80. The lowest BCUT2D eigenvalue weighted by Crippen LogP contribution is -2.38. The van der Waals surface area contributed by atoms with E-state index < -0.39 is 6.10 Å². The molecule has 0 bridgehead atoms. The van der Waals surface area contributed by atoms with Gasteiger partial charge < -0.3 is 10.4 Å². The van der Waals surface area contributed by atoms with E-state index in [2.05, 4.69) is 11.9 Å². The zero-order chi connectivity index (χ0) is 10.3. The normalized spacial score (nSPS) is 14.7. The van der Waals surface area contributed by atoms with Gasteiger partial charge in [0, 0.05) is 6.54 Å². The Morgan fingerprint density at radius 1 is 1.69 bits per heavy atom. The van der Waals surface area contributed by atoms with Crippen molar-refractivity contribution in [2.75, 3.05) is 6.54 Å². The number of carbonyl (C=O) groups excluding carboxylic acids is 1. The van der Waals surface area contributed by atoms with Gasteiger partial charge in [0.25, 0.3) is 0 Å². The zero-order valence-corrected chi connectivity index (χ0v) is 8.42. The monoisotopic (exact) mass is 185 g/mol. The fourth-order valence-corrected chi connectivity index (χ4v) is 1.15. The number of aliphatic hydroxyl groups is 1. The first-order valence-electron chi connectivity index (χ1n) is 4.70. The number of carbonyl (C=O) groups is 1. The van der Waals surface area contributed by atoms with Crippen LogP contribution in [0, 0.1) is 5.92 Å². The van der Waals surface area contributed by atoms with Gasteiger partial charge in [-0.1, -0.05) is 26.3 Å². The molecular weight excluding hydrogens is 166 g/mol. The van der Waals surface area contributed by atoms with Crippen molar-refractivity contribution in [3.63, 3.8) is 0 Å². The number of amides is 1. The highest BCUT2D eigenvalue weighted by Crippen LogP contribution is 2.10. The van der Waals surface area contributed by atoms with Crippen LogP contribution >= 0.6 is 0 Å². The summed E-state index contributed by atoms with van der Waals surface area (Å²) in [4.78, 5) is 11.2. The second-order valence-corrected chi connectivity index (χ2v) is 3.24. The van der Waals surface area contributed by atoms with Crippen LogP contribution in [0.1, 0.15) is 26.7 Å². The van der Waals surface area contributed by atoms with Crippen LogP contribution in [0.25, 0.3) is 0 Å². The molecule has 0 aliphatic heterocycles. The van der Waals surface area contributed by atoms with Crippen molar-refractivity contribution in [1.82, 2.24) is 5.32 Å². The molecule has 0 aromatic carbocycles. The first-order valence-corrected chi connectivity index (χ1v) is 4.70. The smallest absolute Gasteiger partial charge is 0.249 e. The molecule has 0 heterocycles. The Bertz CT molecular complexity index is 168. The van der Waals surface area contributed by atoms with Crippen LogP contribution in [0.5, 0.6) is 0 Å². The average molecular weight is 185 g/mol. The van der Waals surface area contributed by atoms with Crippen LogP contribution in [0.2, 0.25) is 0 Å². The summed E-state index contributed by atoms with van der Waals surface area (Å²) in [6.07, 6.45) is 2.55. The lowest BCUT2D eigenvalue weighted by Gasteiger charge is -2.16. The third-order valence-electron chi connectivity index (χ3n) is 1.97. The molecule has 3 nitrogen and oxygen atoms in total. The summed E-state index contributed by atoms with van der Waals surface area (Å²) >= 11 is 0. The Kier molecular flexibility index (Phi) is 6.24. The van der Waals surface area contributed by atoms with E-state index >= 15 is 0 Å². The van der Waals surface area contributed by atoms with Crippen LogP contribution < -0.4 is 5.32 Å². The third kappa shape index (κ3) is 4.68. The Balaban J connectivity index is 3.85. The number of rotatable bonds is 6. The first kappa shape index (κ1) is 12.2. The van der Waals surface area contributed by atoms with E-state index in [1.54, 1.807) is 6.08 Å². The van der Waals surface area contributed by atoms with Gasteiger partial charge in [-0.3, -0.25) is 4.79 Å². The number of hydrogen-bond acceptors (Lipinski definition) is 2. The van der Waals surface area contributed by atoms with Gasteiger partial charge in [-0.25, -0.2) is 0 Å². The second-order valence-electron chi connectivity index (χ2n) is 3.24. The zero-order valence-electron chi connectivity index (χ0n) is 8.42. The van der Waals surface area contributed by atoms with E-state index in [9.17, 15) is 9.90 Å². The molecule has 0 rings (SSSR count). The van der Waals surface area contributed by atoms with E-state index in [4.69, 9.17) is 0 Å². The standard InChI is InChI=1S/C10H19NO2/c1-4-6-8(3)9(12)10(13)11-7-5-2/h5,8-9,12H,2,4,6-7H2,1,3H3,(H,11,13). The highest BCUT2D eigenvalue weighted by atomic mass is 16.3. The van der Waals surface area contributed by atoms with Gasteiger partial charge in [-0.2, -0.15) is 0 Å². The molecule has 0 saturated heterocycles. The van der Waals surface area contributed by atoms with Gasteiger partial charge in [0.1, 0.15) is 6.10 Å². The Morgan fingerprint density at radius 2 is 2.31 bits per heavy atom. The Morgan fingerprint density at radius 3 is 2.77 bits per heavy atom. The average Bonchev–Trinajstić information content (AvgIpc) is 2.13. The van der Waals surface area contributed by atoms with E-state index in [1.807, 2.05) is 13.8 Å². The van der Waals surface area contributed by atoms with Crippen LogP contribution in [0.15, 0.2) is 12.7 Å². The van der Waals surface area contributed by atoms with Crippen LogP contribution in [-0.4, -0.2) is 23.7 Å². The van der Waals surface area contributed by atoms with E-state index in [-0.39, 0.29) is 11.8 Å². The van der Waals surface area contributed by atoms with Crippen molar-refractivity contribution >= 4 is 5.91 Å². The van der Waals surface area contributed by atoms with Crippen molar-refractivity contribution in [2.45, 2.75) is 32.8 Å². The molecule has 0 aliphatic carbocycles. The molecule has 0 radical (unpaired) electrons. The molecule has 0 aromatic heterocycles. The molecule has 3 heteroatoms. The van der Waals surface area contributed by atoms with Crippen LogP contribution in [0.4, 0.5) is 0 Å². The molecule has 76 valence electrons. The summed E-state index contributed by atoms with van der Waals surface area (Å²) in [5.74, 6) is -0.282. The van der Waals surface area contributed by atoms with Crippen molar-refractivity contribution in [1.29, 1.82) is 0 Å². The van der Waals surface area contributed by atoms with Crippen molar-refractivity contribution < 1.29 is 9.90 Å². The molecule has 1 amide bonds. The molecule has 0 spiro atoms. The highest BCUT2D eigenvalue weighted by Gasteiger charge is 2.20. The predicted octanol–water partition coefficient (Wildman–Crippen LogP) is 1.09. The van der Waals surface area contributed by atoms with E-state index in [0.29, 0.717) is 6.54 Å². The van der Waals surface area contributed by atoms with Crippen LogP contribution in [0.3, 0.4) is 0 Å². The molecule has 2 unspecified atom stereocenters. The van der Waals surface area contributed by atoms with Gasteiger partial charge >= 0.3 is 0 Å². The second kappa shape index (κ2) is 6.66. The summed E-state index contributed by atoms with van der Waals surface area (Å²) in [5, 5.41) is 12.1. The Labute approximate surface area is 79.8 Å². The third-order valence-corrected chi connectivity index (χ3v) is 1.97. The minimum atomic E-state index is -0.889. The topological polar surface area (TPSA) is 49.3 Å². The lowest BCUT2D eigenvalue weighted by molar-refractivity contribution is -0.131. The summed E-state index contributed by atoms with van der Waals surface area (Å²) in [5.41, 5.74) is 0. The van der Waals surface area contributed by atoms with E-state index in [1.165, 1.54) is 0 Å². The minimum absolute atomic E-state index is 0.0230.